The van der Waals surface area contributed by atoms with E-state index in [0.29, 0.717) is 28.4 Å². The number of para-hydroxylation sites is 1. The molecular formula is C26H23N3O7S. The number of amides is 3. The van der Waals surface area contributed by atoms with E-state index in [1.54, 1.807) is 54.6 Å². The number of carbonyl (C=O) groups is 3. The lowest BCUT2D eigenvalue weighted by Crippen LogP contribution is -2.38. The Morgan fingerprint density at radius 3 is 2.46 bits per heavy atom. The lowest BCUT2D eigenvalue weighted by molar-refractivity contribution is -0.121. The van der Waals surface area contributed by atoms with E-state index in [-0.39, 0.29) is 29.7 Å². The number of sulfone groups is 1. The maximum Gasteiger partial charge on any atom is 0.244 e. The number of benzene rings is 3. The molecule has 3 amide bonds. The number of carbonyl (C=O) groups excluding carboxylic acids is 3. The van der Waals surface area contributed by atoms with Crippen molar-refractivity contribution in [2.24, 2.45) is 0 Å². The Morgan fingerprint density at radius 1 is 0.946 bits per heavy atom. The van der Waals surface area contributed by atoms with Gasteiger partial charge in [-0.1, -0.05) is 24.3 Å². The minimum absolute atomic E-state index is 0.0363. The molecule has 3 aromatic carbocycles. The van der Waals surface area contributed by atoms with Crippen LogP contribution in [-0.2, 0) is 24.2 Å². The first-order chi connectivity index (χ1) is 17.7. The van der Waals surface area contributed by atoms with Gasteiger partial charge < -0.3 is 25.0 Å². The first-order valence-electron chi connectivity index (χ1n) is 11.4. The molecule has 37 heavy (non-hydrogen) atoms. The van der Waals surface area contributed by atoms with Gasteiger partial charge in [-0.3, -0.25) is 14.4 Å². The van der Waals surface area contributed by atoms with Crippen LogP contribution in [0.3, 0.4) is 0 Å². The number of nitrogens with zero attached hydrogens (tertiary/aromatic N) is 1. The smallest absolute Gasteiger partial charge is 0.244 e. The Bertz CT molecular complexity index is 1520. The predicted molar refractivity (Wildman–Crippen MR) is 135 cm³/mol. The summed E-state index contributed by atoms with van der Waals surface area (Å²) in [6, 6.07) is 17.5. The van der Waals surface area contributed by atoms with Gasteiger partial charge in [0.15, 0.2) is 21.3 Å². The standard InChI is InChI=1S/C26H23N3O7S/c1-16(30)27-18-5-4-6-19(12-18)28-25(31)14-29-20-7-2-3-8-23(20)37(33,34)24(13-26(29)32)17-9-10-21-22(11-17)36-15-35-21/h2-12,24H,13-15H2,1H3,(H,27,30)(H,28,31). The molecule has 2 heterocycles. The normalized spacial score (nSPS) is 17.5. The van der Waals surface area contributed by atoms with E-state index in [2.05, 4.69) is 10.6 Å². The van der Waals surface area contributed by atoms with Crippen LogP contribution < -0.4 is 25.0 Å². The van der Waals surface area contributed by atoms with E-state index in [1.807, 2.05) is 0 Å². The summed E-state index contributed by atoms with van der Waals surface area (Å²) in [7, 11) is -4.00. The van der Waals surface area contributed by atoms with E-state index in [0.717, 1.165) is 0 Å². The SMILES string of the molecule is CC(=O)Nc1cccc(NC(=O)CN2C(=O)CC(c3ccc4c(c3)OCO4)S(=O)(=O)c3ccccc32)c1. The molecule has 10 nitrogen and oxygen atoms in total. The van der Waals surface area contributed by atoms with Crippen LogP contribution in [0, 0.1) is 0 Å². The van der Waals surface area contributed by atoms with Crippen molar-refractivity contribution in [1.82, 2.24) is 0 Å². The van der Waals surface area contributed by atoms with E-state index in [9.17, 15) is 22.8 Å². The third kappa shape index (κ3) is 4.85. The molecule has 0 aromatic heterocycles. The number of fused-ring (bicyclic) bond motifs is 2. The van der Waals surface area contributed by atoms with Gasteiger partial charge in [0.25, 0.3) is 0 Å². The van der Waals surface area contributed by atoms with Gasteiger partial charge in [-0.2, -0.15) is 0 Å². The number of ether oxygens (including phenoxy) is 2. The molecule has 0 radical (unpaired) electrons. The zero-order valence-corrected chi connectivity index (χ0v) is 20.6. The molecule has 1 unspecified atom stereocenters. The summed E-state index contributed by atoms with van der Waals surface area (Å²) in [5.74, 6) is -0.383. The number of nitrogens with one attached hydrogen (secondary N) is 2. The average molecular weight is 522 g/mol. The van der Waals surface area contributed by atoms with Crippen LogP contribution in [0.25, 0.3) is 0 Å². The first kappa shape index (κ1) is 24.3. The fourth-order valence-electron chi connectivity index (χ4n) is 4.39. The Kier molecular flexibility index (Phi) is 6.30. The van der Waals surface area contributed by atoms with Crippen molar-refractivity contribution in [3.05, 3.63) is 72.3 Å². The molecule has 0 bridgehead atoms. The fourth-order valence-corrected chi connectivity index (χ4v) is 6.30. The molecule has 0 saturated carbocycles. The number of rotatable bonds is 5. The highest BCUT2D eigenvalue weighted by Gasteiger charge is 2.40. The summed E-state index contributed by atoms with van der Waals surface area (Å²) < 4.78 is 38.2. The Balaban J connectivity index is 1.44. The summed E-state index contributed by atoms with van der Waals surface area (Å²) in [5, 5.41) is 4.17. The molecule has 190 valence electrons. The molecule has 1 atom stereocenters. The van der Waals surface area contributed by atoms with E-state index in [1.165, 1.54) is 24.0 Å². The van der Waals surface area contributed by atoms with Crippen LogP contribution in [0.15, 0.2) is 71.6 Å². The van der Waals surface area contributed by atoms with Gasteiger partial charge in [-0.25, -0.2) is 8.42 Å². The molecule has 2 N–H and O–H groups in total. The van der Waals surface area contributed by atoms with Crippen molar-refractivity contribution in [3.63, 3.8) is 0 Å². The molecule has 2 aliphatic rings. The second-order valence-electron chi connectivity index (χ2n) is 8.61. The zero-order chi connectivity index (χ0) is 26.2. The third-order valence-electron chi connectivity index (χ3n) is 6.04. The summed E-state index contributed by atoms with van der Waals surface area (Å²) >= 11 is 0. The Morgan fingerprint density at radius 2 is 1.68 bits per heavy atom. The minimum atomic E-state index is -4.00. The van der Waals surface area contributed by atoms with Crippen molar-refractivity contribution >= 4 is 44.6 Å². The highest BCUT2D eigenvalue weighted by Crippen LogP contribution is 2.43. The Labute approximate surface area is 213 Å². The second kappa shape index (κ2) is 9.58. The van der Waals surface area contributed by atoms with Gasteiger partial charge >= 0.3 is 0 Å². The van der Waals surface area contributed by atoms with Gasteiger partial charge in [0.2, 0.25) is 24.5 Å². The van der Waals surface area contributed by atoms with E-state index in [4.69, 9.17) is 9.47 Å². The van der Waals surface area contributed by atoms with E-state index < -0.39 is 33.4 Å². The van der Waals surface area contributed by atoms with Crippen molar-refractivity contribution < 1.29 is 32.3 Å². The third-order valence-corrected chi connectivity index (χ3v) is 8.18. The van der Waals surface area contributed by atoms with Gasteiger partial charge in [0, 0.05) is 24.7 Å². The highest BCUT2D eigenvalue weighted by atomic mass is 32.2. The summed E-state index contributed by atoms with van der Waals surface area (Å²) in [6.45, 7) is 1.01. The molecule has 5 rings (SSSR count). The van der Waals surface area contributed by atoms with Crippen molar-refractivity contribution in [2.75, 3.05) is 28.9 Å². The molecule has 11 heteroatoms. The molecule has 0 fully saturated rings. The predicted octanol–water partition coefficient (Wildman–Crippen LogP) is 3.26. The molecular weight excluding hydrogens is 498 g/mol. The summed E-state index contributed by atoms with van der Waals surface area (Å²) in [5.41, 5.74) is 1.45. The minimum Gasteiger partial charge on any atom is -0.454 e. The van der Waals surface area contributed by atoms with Crippen molar-refractivity contribution in [3.8, 4) is 11.5 Å². The van der Waals surface area contributed by atoms with Crippen LogP contribution in [0.4, 0.5) is 17.1 Å². The monoisotopic (exact) mass is 521 g/mol. The second-order valence-corrected chi connectivity index (χ2v) is 10.7. The van der Waals surface area contributed by atoms with Gasteiger partial charge in [0.1, 0.15) is 6.54 Å². The lowest BCUT2D eigenvalue weighted by atomic mass is 10.1. The topological polar surface area (TPSA) is 131 Å². The number of hydrogen-bond acceptors (Lipinski definition) is 7. The lowest BCUT2D eigenvalue weighted by Gasteiger charge is -2.22. The number of anilines is 3. The van der Waals surface area contributed by atoms with Crippen molar-refractivity contribution in [2.45, 2.75) is 23.5 Å². The quantitative estimate of drug-likeness (QED) is 0.527. The Hall–Kier alpha value is -4.38. The van der Waals surface area contributed by atoms with Crippen LogP contribution in [0.2, 0.25) is 0 Å². The van der Waals surface area contributed by atoms with Crippen LogP contribution in [-0.4, -0.2) is 39.5 Å². The van der Waals surface area contributed by atoms with Crippen LogP contribution in [0.1, 0.15) is 24.2 Å². The van der Waals surface area contributed by atoms with Gasteiger partial charge in [-0.15, -0.1) is 0 Å². The average Bonchev–Trinajstić information content (AvgIpc) is 3.30. The zero-order valence-electron chi connectivity index (χ0n) is 19.8. The summed E-state index contributed by atoms with van der Waals surface area (Å²) in [6.07, 6.45) is -0.359. The fraction of sp³-hybridized carbons (Fsp3) is 0.192. The molecule has 0 spiro atoms. The molecule has 3 aromatic rings. The van der Waals surface area contributed by atoms with Gasteiger partial charge in [0.05, 0.1) is 15.8 Å². The maximum atomic E-state index is 13.7. The highest BCUT2D eigenvalue weighted by molar-refractivity contribution is 7.92. The van der Waals surface area contributed by atoms with Gasteiger partial charge in [-0.05, 0) is 48.0 Å². The first-order valence-corrected chi connectivity index (χ1v) is 13.0. The molecule has 2 aliphatic heterocycles. The molecule has 0 saturated heterocycles. The molecule has 0 aliphatic carbocycles. The van der Waals surface area contributed by atoms with Crippen LogP contribution >= 0.6 is 0 Å². The van der Waals surface area contributed by atoms with Crippen molar-refractivity contribution in [1.29, 1.82) is 0 Å². The van der Waals surface area contributed by atoms with Crippen LogP contribution in [0.5, 0.6) is 11.5 Å². The summed E-state index contributed by atoms with van der Waals surface area (Å²) in [4.78, 5) is 38.9. The van der Waals surface area contributed by atoms with E-state index >= 15 is 0 Å². The maximum absolute atomic E-state index is 13.7. The number of hydrogen-bond donors (Lipinski definition) is 2. The largest absolute Gasteiger partial charge is 0.454 e.